The highest BCUT2D eigenvalue weighted by molar-refractivity contribution is 5.92. The molecule has 1 aliphatic rings. The topological polar surface area (TPSA) is 108 Å². The molecule has 2 unspecified atom stereocenters. The van der Waals surface area contributed by atoms with Gasteiger partial charge in [0.15, 0.2) is 0 Å². The van der Waals surface area contributed by atoms with Gasteiger partial charge in [0.25, 0.3) is 5.91 Å². The molecular formula is C31H58N4O5. The first-order valence-electron chi connectivity index (χ1n) is 15.6. The molecular weight excluding hydrogens is 508 g/mol. The van der Waals surface area contributed by atoms with Crippen molar-refractivity contribution in [3.63, 3.8) is 0 Å². The van der Waals surface area contributed by atoms with Crippen LogP contribution in [0.25, 0.3) is 0 Å². The van der Waals surface area contributed by atoms with Crippen LogP contribution in [-0.4, -0.2) is 73.9 Å². The number of hydroxylamine groups is 2. The van der Waals surface area contributed by atoms with Crippen LogP contribution in [0.5, 0.6) is 0 Å². The lowest BCUT2D eigenvalue weighted by molar-refractivity contribution is -0.172. The van der Waals surface area contributed by atoms with Crippen molar-refractivity contribution >= 4 is 23.6 Å². The molecule has 1 fully saturated rings. The van der Waals surface area contributed by atoms with Gasteiger partial charge in [0.2, 0.25) is 17.7 Å². The number of nitrogens with zero attached hydrogens (tertiary/aromatic N) is 2. The van der Waals surface area contributed by atoms with Crippen molar-refractivity contribution in [1.29, 1.82) is 0 Å². The van der Waals surface area contributed by atoms with E-state index in [9.17, 15) is 19.2 Å². The van der Waals surface area contributed by atoms with Crippen molar-refractivity contribution in [3.8, 4) is 0 Å². The van der Waals surface area contributed by atoms with Gasteiger partial charge in [-0.25, -0.2) is 5.06 Å². The van der Waals surface area contributed by atoms with E-state index in [1.807, 2.05) is 13.8 Å². The Labute approximate surface area is 243 Å². The number of hydrogen-bond donors (Lipinski definition) is 2. The zero-order valence-corrected chi connectivity index (χ0v) is 26.4. The zero-order valence-electron chi connectivity index (χ0n) is 26.4. The molecule has 0 aromatic heterocycles. The highest BCUT2D eigenvalue weighted by Crippen LogP contribution is 2.23. The third kappa shape index (κ3) is 13.5. The zero-order chi connectivity index (χ0) is 30.1. The molecule has 1 aliphatic heterocycles. The summed E-state index contributed by atoms with van der Waals surface area (Å²) < 4.78 is 0. The number of hydrogen-bond acceptors (Lipinski definition) is 5. The molecule has 0 aliphatic carbocycles. The summed E-state index contributed by atoms with van der Waals surface area (Å²) in [4.78, 5) is 60.2. The second-order valence-corrected chi connectivity index (χ2v) is 12.2. The van der Waals surface area contributed by atoms with Crippen LogP contribution in [0.2, 0.25) is 0 Å². The number of nitrogens with one attached hydrogen (secondary N) is 2. The second-order valence-electron chi connectivity index (χ2n) is 12.2. The Morgan fingerprint density at radius 2 is 1.50 bits per heavy atom. The standard InChI is InChI=1S/C31H58N4O5/c1-8-9-10-12-15-18-24-19-16-13-11-14-17-20-25(30(38)34(4)5)22-27(31(39)35(6)40-7)33-29(37)26(21-23(2)3)32-28(24)36/h23-27H,8-22H2,1-7H3,(H,32,36)(H,33,37)/t24?,25?,26-,27+/m0/s1. The van der Waals surface area contributed by atoms with E-state index < -0.39 is 29.8 Å². The molecule has 9 nitrogen and oxygen atoms in total. The van der Waals surface area contributed by atoms with Crippen molar-refractivity contribution < 1.29 is 24.0 Å². The van der Waals surface area contributed by atoms with Gasteiger partial charge in [-0.1, -0.05) is 85.0 Å². The molecule has 1 rings (SSSR count). The molecule has 9 heteroatoms. The van der Waals surface area contributed by atoms with Crippen molar-refractivity contribution in [2.75, 3.05) is 28.3 Å². The van der Waals surface area contributed by atoms with Gasteiger partial charge in [-0.2, -0.15) is 0 Å². The molecule has 40 heavy (non-hydrogen) atoms. The third-order valence-electron chi connectivity index (χ3n) is 7.98. The lowest BCUT2D eigenvalue weighted by Crippen LogP contribution is -2.55. The highest BCUT2D eigenvalue weighted by atomic mass is 16.7. The van der Waals surface area contributed by atoms with E-state index in [0.717, 1.165) is 62.9 Å². The highest BCUT2D eigenvalue weighted by Gasteiger charge is 2.34. The monoisotopic (exact) mass is 566 g/mol. The molecule has 0 aromatic carbocycles. The first-order chi connectivity index (χ1) is 19.0. The summed E-state index contributed by atoms with van der Waals surface area (Å²) in [6.07, 6.45) is 13.6. The Balaban J connectivity index is 3.24. The number of rotatable bonds is 11. The van der Waals surface area contributed by atoms with Gasteiger partial charge in [-0.3, -0.25) is 24.0 Å². The maximum Gasteiger partial charge on any atom is 0.268 e. The van der Waals surface area contributed by atoms with Gasteiger partial charge in [0.1, 0.15) is 12.1 Å². The van der Waals surface area contributed by atoms with Crippen molar-refractivity contribution in [1.82, 2.24) is 20.6 Å². The molecule has 4 amide bonds. The predicted molar refractivity (Wildman–Crippen MR) is 159 cm³/mol. The van der Waals surface area contributed by atoms with Crippen LogP contribution < -0.4 is 10.6 Å². The van der Waals surface area contributed by atoms with Crippen molar-refractivity contribution in [3.05, 3.63) is 0 Å². The average Bonchev–Trinajstić information content (AvgIpc) is 2.91. The molecule has 1 heterocycles. The smallest absolute Gasteiger partial charge is 0.268 e. The van der Waals surface area contributed by atoms with E-state index in [1.165, 1.54) is 33.4 Å². The summed E-state index contributed by atoms with van der Waals surface area (Å²) in [7, 11) is 6.32. The molecule has 0 aromatic rings. The molecule has 4 atom stereocenters. The molecule has 0 bridgehead atoms. The van der Waals surface area contributed by atoms with E-state index in [4.69, 9.17) is 4.84 Å². The number of unbranched alkanes of at least 4 members (excludes halogenated alkanes) is 4. The summed E-state index contributed by atoms with van der Waals surface area (Å²) in [5.41, 5.74) is 0. The second kappa shape index (κ2) is 19.8. The fourth-order valence-electron chi connectivity index (χ4n) is 5.50. The number of carbonyl (C=O) groups is 4. The van der Waals surface area contributed by atoms with Gasteiger partial charge in [0.05, 0.1) is 7.11 Å². The quantitative estimate of drug-likeness (QED) is 0.275. The number of likely N-dealkylation sites (N-methyl/N-ethyl adjacent to an activating group) is 1. The minimum Gasteiger partial charge on any atom is -0.349 e. The van der Waals surface area contributed by atoms with Gasteiger partial charge >= 0.3 is 0 Å². The van der Waals surface area contributed by atoms with Crippen LogP contribution in [0.15, 0.2) is 0 Å². The fraction of sp³-hybridized carbons (Fsp3) is 0.871. The van der Waals surface area contributed by atoms with E-state index in [2.05, 4.69) is 17.6 Å². The van der Waals surface area contributed by atoms with Crippen LogP contribution in [0.3, 0.4) is 0 Å². The van der Waals surface area contributed by atoms with Crippen LogP contribution >= 0.6 is 0 Å². The Morgan fingerprint density at radius 3 is 2.10 bits per heavy atom. The van der Waals surface area contributed by atoms with Crippen LogP contribution in [0.1, 0.15) is 117 Å². The normalized spacial score (nSPS) is 23.8. The third-order valence-corrected chi connectivity index (χ3v) is 7.98. The maximum absolute atomic E-state index is 13.6. The Hall–Kier alpha value is -2.16. The number of carbonyl (C=O) groups excluding carboxylic acids is 4. The molecule has 0 saturated carbocycles. The molecule has 0 radical (unpaired) electrons. The van der Waals surface area contributed by atoms with Crippen LogP contribution in [0.4, 0.5) is 0 Å². The predicted octanol–water partition coefficient (Wildman–Crippen LogP) is 4.84. The summed E-state index contributed by atoms with van der Waals surface area (Å²) in [5, 5.41) is 7.04. The summed E-state index contributed by atoms with van der Waals surface area (Å²) >= 11 is 0. The van der Waals surface area contributed by atoms with E-state index >= 15 is 0 Å². The van der Waals surface area contributed by atoms with Gasteiger partial charge < -0.3 is 15.5 Å². The van der Waals surface area contributed by atoms with Gasteiger partial charge in [-0.05, 0) is 38.0 Å². The van der Waals surface area contributed by atoms with Crippen LogP contribution in [-0.2, 0) is 24.0 Å². The average molecular weight is 567 g/mol. The van der Waals surface area contributed by atoms with Gasteiger partial charge in [-0.15, -0.1) is 0 Å². The van der Waals surface area contributed by atoms with Gasteiger partial charge in [0, 0.05) is 33.0 Å². The summed E-state index contributed by atoms with van der Waals surface area (Å²) in [6, 6.07) is -1.70. The SMILES string of the molecule is CCCCCCCC1CCCCCCCC(C(=O)N(C)C)C[C@H](C(=O)N(C)OC)NC(=O)[C@H](CC(C)C)NC1=O. The summed E-state index contributed by atoms with van der Waals surface area (Å²) in [6.45, 7) is 6.22. The van der Waals surface area contributed by atoms with E-state index in [0.29, 0.717) is 12.8 Å². The lowest BCUT2D eigenvalue weighted by Gasteiger charge is -2.30. The largest absolute Gasteiger partial charge is 0.349 e. The molecule has 232 valence electrons. The number of amides is 4. The first-order valence-corrected chi connectivity index (χ1v) is 15.6. The van der Waals surface area contributed by atoms with Crippen LogP contribution in [0, 0.1) is 17.8 Å². The minimum absolute atomic E-state index is 0.0537. The molecule has 2 N–H and O–H groups in total. The minimum atomic E-state index is -0.944. The lowest BCUT2D eigenvalue weighted by atomic mass is 9.90. The first kappa shape index (κ1) is 35.9. The Bertz CT molecular complexity index is 773. The Kier molecular flexibility index (Phi) is 17.8. The van der Waals surface area contributed by atoms with Crippen molar-refractivity contribution in [2.24, 2.45) is 17.8 Å². The molecule has 0 spiro atoms. The molecule has 1 saturated heterocycles. The van der Waals surface area contributed by atoms with Crippen molar-refractivity contribution in [2.45, 2.75) is 129 Å². The van der Waals surface area contributed by atoms with E-state index in [1.54, 1.807) is 19.0 Å². The Morgan fingerprint density at radius 1 is 0.875 bits per heavy atom. The summed E-state index contributed by atoms with van der Waals surface area (Å²) in [5.74, 6) is -1.30. The maximum atomic E-state index is 13.6. The fourth-order valence-corrected chi connectivity index (χ4v) is 5.50. The van der Waals surface area contributed by atoms with E-state index in [-0.39, 0.29) is 30.1 Å².